The molecule has 0 unspecified atom stereocenters. The summed E-state index contributed by atoms with van der Waals surface area (Å²) in [4.78, 5) is 19.5. The van der Waals surface area contributed by atoms with Crippen LogP contribution in [0.5, 0.6) is 0 Å². The monoisotopic (exact) mass is 336 g/mol. The number of nitrogens with zero attached hydrogens (tertiary/aromatic N) is 1. The summed E-state index contributed by atoms with van der Waals surface area (Å²) in [5.74, 6) is 0.299. The number of pyridine rings is 1. The van der Waals surface area contributed by atoms with Gasteiger partial charge in [0.05, 0.1) is 11.9 Å². The van der Waals surface area contributed by atoms with Crippen molar-refractivity contribution in [3.63, 3.8) is 0 Å². The van der Waals surface area contributed by atoms with Gasteiger partial charge in [-0.15, -0.1) is 0 Å². The molecular weight excluding hydrogens is 312 g/mol. The molecule has 0 aliphatic heterocycles. The SMILES string of the molecule is CC(C)CNC(=O)c1ccc(NCCc2c[nH]c3ccccc23)cn1. The number of aromatic nitrogens is 2. The largest absolute Gasteiger partial charge is 0.383 e. The van der Waals surface area contributed by atoms with Gasteiger partial charge in [-0.05, 0) is 36.1 Å². The number of hydrogen-bond donors (Lipinski definition) is 3. The van der Waals surface area contributed by atoms with Crippen molar-refractivity contribution in [3.8, 4) is 0 Å². The van der Waals surface area contributed by atoms with Crippen molar-refractivity contribution in [1.29, 1.82) is 0 Å². The van der Waals surface area contributed by atoms with Crippen LogP contribution in [-0.4, -0.2) is 29.0 Å². The zero-order chi connectivity index (χ0) is 17.6. The Balaban J connectivity index is 1.53. The van der Waals surface area contributed by atoms with Gasteiger partial charge in [0.15, 0.2) is 0 Å². The summed E-state index contributed by atoms with van der Waals surface area (Å²) in [6.45, 7) is 5.59. The normalized spacial score (nSPS) is 11.0. The Morgan fingerprint density at radius 1 is 1.20 bits per heavy atom. The molecule has 1 amide bonds. The number of benzene rings is 1. The highest BCUT2D eigenvalue weighted by Gasteiger charge is 2.07. The Bertz CT molecular complexity index is 836. The summed E-state index contributed by atoms with van der Waals surface area (Å²) >= 11 is 0. The molecule has 3 rings (SSSR count). The molecule has 0 aliphatic rings. The van der Waals surface area contributed by atoms with Crippen molar-refractivity contribution >= 4 is 22.5 Å². The fraction of sp³-hybridized carbons (Fsp3) is 0.300. The molecule has 0 aliphatic carbocycles. The highest BCUT2D eigenvalue weighted by Crippen LogP contribution is 2.18. The topological polar surface area (TPSA) is 69.8 Å². The summed E-state index contributed by atoms with van der Waals surface area (Å²) in [5, 5.41) is 7.49. The lowest BCUT2D eigenvalue weighted by atomic mass is 10.1. The van der Waals surface area contributed by atoms with E-state index < -0.39 is 0 Å². The number of rotatable bonds is 7. The molecule has 5 nitrogen and oxygen atoms in total. The van der Waals surface area contributed by atoms with Gasteiger partial charge in [0.2, 0.25) is 0 Å². The maximum absolute atomic E-state index is 12.0. The van der Waals surface area contributed by atoms with Gasteiger partial charge in [-0.2, -0.15) is 0 Å². The number of H-pyrrole nitrogens is 1. The molecular formula is C20H24N4O. The quantitative estimate of drug-likeness (QED) is 0.617. The summed E-state index contributed by atoms with van der Waals surface area (Å²) in [6.07, 6.45) is 4.69. The number of aromatic amines is 1. The Morgan fingerprint density at radius 3 is 2.80 bits per heavy atom. The lowest BCUT2D eigenvalue weighted by Crippen LogP contribution is -2.28. The number of hydrogen-bond acceptors (Lipinski definition) is 3. The number of para-hydroxylation sites is 1. The van der Waals surface area contributed by atoms with E-state index in [1.165, 1.54) is 10.9 Å². The van der Waals surface area contributed by atoms with E-state index in [0.29, 0.717) is 18.2 Å². The first-order valence-electron chi connectivity index (χ1n) is 8.66. The van der Waals surface area contributed by atoms with Gasteiger partial charge in [0, 0.05) is 30.2 Å². The van der Waals surface area contributed by atoms with E-state index in [4.69, 9.17) is 0 Å². The average molecular weight is 336 g/mol. The molecule has 2 aromatic heterocycles. The van der Waals surface area contributed by atoms with E-state index in [1.807, 2.05) is 12.1 Å². The third kappa shape index (κ3) is 4.38. The van der Waals surface area contributed by atoms with Crippen LogP contribution in [0.15, 0.2) is 48.8 Å². The molecule has 0 saturated carbocycles. The van der Waals surface area contributed by atoms with E-state index in [1.54, 1.807) is 12.3 Å². The number of anilines is 1. The number of nitrogens with one attached hydrogen (secondary N) is 3. The Morgan fingerprint density at radius 2 is 2.04 bits per heavy atom. The molecule has 0 atom stereocenters. The molecule has 0 saturated heterocycles. The Kier molecular flexibility index (Phi) is 5.33. The van der Waals surface area contributed by atoms with E-state index in [2.05, 4.69) is 58.8 Å². The second-order valence-corrected chi connectivity index (χ2v) is 6.57. The van der Waals surface area contributed by atoms with Crippen molar-refractivity contribution in [3.05, 3.63) is 60.0 Å². The first kappa shape index (κ1) is 17.0. The van der Waals surface area contributed by atoms with Crippen LogP contribution in [0.2, 0.25) is 0 Å². The first-order chi connectivity index (χ1) is 12.1. The number of fused-ring (bicyclic) bond motifs is 1. The van der Waals surface area contributed by atoms with E-state index in [9.17, 15) is 4.79 Å². The van der Waals surface area contributed by atoms with Crippen LogP contribution < -0.4 is 10.6 Å². The van der Waals surface area contributed by atoms with Gasteiger partial charge < -0.3 is 15.6 Å². The summed E-state index contributed by atoms with van der Waals surface area (Å²) in [6, 6.07) is 12.0. The fourth-order valence-electron chi connectivity index (χ4n) is 2.70. The predicted molar refractivity (Wildman–Crippen MR) is 102 cm³/mol. The van der Waals surface area contributed by atoms with Crippen molar-refractivity contribution in [2.75, 3.05) is 18.4 Å². The van der Waals surface area contributed by atoms with Gasteiger partial charge in [0.25, 0.3) is 5.91 Å². The number of carbonyl (C=O) groups excluding carboxylic acids is 1. The van der Waals surface area contributed by atoms with E-state index >= 15 is 0 Å². The maximum atomic E-state index is 12.0. The van der Waals surface area contributed by atoms with Crippen LogP contribution in [0, 0.1) is 5.92 Å². The third-order valence-electron chi connectivity index (χ3n) is 4.07. The standard InChI is InChI=1S/C20H24N4O/c1-14(2)11-24-20(25)19-8-7-16(13-23-19)21-10-9-15-12-22-18-6-4-3-5-17(15)18/h3-8,12-14,21-22H,9-11H2,1-2H3,(H,24,25). The van der Waals surface area contributed by atoms with Gasteiger partial charge >= 0.3 is 0 Å². The van der Waals surface area contributed by atoms with E-state index in [-0.39, 0.29) is 5.91 Å². The number of amides is 1. The Hall–Kier alpha value is -2.82. The van der Waals surface area contributed by atoms with Crippen LogP contribution in [-0.2, 0) is 6.42 Å². The minimum atomic E-state index is -0.126. The van der Waals surface area contributed by atoms with Gasteiger partial charge in [-0.3, -0.25) is 4.79 Å². The van der Waals surface area contributed by atoms with Crippen molar-refractivity contribution in [2.45, 2.75) is 20.3 Å². The third-order valence-corrected chi connectivity index (χ3v) is 4.07. The van der Waals surface area contributed by atoms with Crippen molar-refractivity contribution < 1.29 is 4.79 Å². The van der Waals surface area contributed by atoms with Crippen LogP contribution in [0.1, 0.15) is 29.9 Å². The molecule has 0 bridgehead atoms. The lowest BCUT2D eigenvalue weighted by Gasteiger charge is -2.08. The molecule has 0 radical (unpaired) electrons. The van der Waals surface area contributed by atoms with Gasteiger partial charge in [-0.1, -0.05) is 32.0 Å². The van der Waals surface area contributed by atoms with Gasteiger partial charge in [-0.25, -0.2) is 4.98 Å². The minimum absolute atomic E-state index is 0.126. The molecule has 3 N–H and O–H groups in total. The average Bonchev–Trinajstić information content (AvgIpc) is 3.03. The zero-order valence-electron chi connectivity index (χ0n) is 14.7. The molecule has 0 spiro atoms. The van der Waals surface area contributed by atoms with Crippen molar-refractivity contribution in [2.24, 2.45) is 5.92 Å². The zero-order valence-corrected chi connectivity index (χ0v) is 14.7. The second kappa shape index (κ2) is 7.83. The molecule has 25 heavy (non-hydrogen) atoms. The van der Waals surface area contributed by atoms with Crippen molar-refractivity contribution in [1.82, 2.24) is 15.3 Å². The molecule has 2 heterocycles. The highest BCUT2D eigenvalue weighted by atomic mass is 16.1. The Labute approximate surface area is 147 Å². The summed E-state index contributed by atoms with van der Waals surface area (Å²) in [5.41, 5.74) is 3.82. The summed E-state index contributed by atoms with van der Waals surface area (Å²) in [7, 11) is 0. The fourth-order valence-corrected chi connectivity index (χ4v) is 2.70. The molecule has 3 aromatic rings. The smallest absolute Gasteiger partial charge is 0.269 e. The second-order valence-electron chi connectivity index (χ2n) is 6.57. The van der Waals surface area contributed by atoms with Crippen LogP contribution in [0.3, 0.4) is 0 Å². The summed E-state index contributed by atoms with van der Waals surface area (Å²) < 4.78 is 0. The highest BCUT2D eigenvalue weighted by molar-refractivity contribution is 5.92. The first-order valence-corrected chi connectivity index (χ1v) is 8.66. The molecule has 0 fully saturated rings. The maximum Gasteiger partial charge on any atom is 0.269 e. The molecule has 1 aromatic carbocycles. The van der Waals surface area contributed by atoms with Gasteiger partial charge in [0.1, 0.15) is 5.69 Å². The van der Waals surface area contributed by atoms with Crippen LogP contribution in [0.4, 0.5) is 5.69 Å². The van der Waals surface area contributed by atoms with Crippen LogP contribution >= 0.6 is 0 Å². The lowest BCUT2D eigenvalue weighted by molar-refractivity contribution is 0.0944. The molecule has 130 valence electrons. The predicted octanol–water partition coefficient (Wildman–Crippen LogP) is 3.60. The number of carbonyl (C=O) groups is 1. The van der Waals surface area contributed by atoms with E-state index in [0.717, 1.165) is 24.2 Å². The minimum Gasteiger partial charge on any atom is -0.383 e. The van der Waals surface area contributed by atoms with Crippen LogP contribution in [0.25, 0.3) is 10.9 Å². The molecule has 5 heteroatoms.